The van der Waals surface area contributed by atoms with Crippen LogP contribution in [-0.2, 0) is 9.53 Å². The van der Waals surface area contributed by atoms with Gasteiger partial charge in [-0.05, 0) is 29.3 Å². The monoisotopic (exact) mass is 294 g/mol. The summed E-state index contributed by atoms with van der Waals surface area (Å²) in [6.45, 7) is 1.56. The zero-order chi connectivity index (χ0) is 15.5. The molecule has 0 radical (unpaired) electrons. The fourth-order valence-electron chi connectivity index (χ4n) is 1.99. The molecule has 5 heteroatoms. The number of halogens is 3. The summed E-state index contributed by atoms with van der Waals surface area (Å²) in [6, 6.07) is 11.9. The summed E-state index contributed by atoms with van der Waals surface area (Å²) in [4.78, 5) is 11.8. The summed E-state index contributed by atoms with van der Waals surface area (Å²) >= 11 is 0. The third kappa shape index (κ3) is 3.84. The third-order valence-corrected chi connectivity index (χ3v) is 2.86. The van der Waals surface area contributed by atoms with Crippen molar-refractivity contribution < 1.29 is 22.7 Å². The van der Waals surface area contributed by atoms with Gasteiger partial charge in [0.1, 0.15) is 0 Å². The number of esters is 1. The summed E-state index contributed by atoms with van der Waals surface area (Å²) in [5.41, 5.74) is -0.306. The Morgan fingerprint density at radius 3 is 2.43 bits per heavy atom. The highest BCUT2D eigenvalue weighted by molar-refractivity contribution is 6.17. The van der Waals surface area contributed by atoms with E-state index in [1.54, 1.807) is 31.2 Å². The van der Waals surface area contributed by atoms with Gasteiger partial charge in [-0.2, -0.15) is 13.2 Å². The van der Waals surface area contributed by atoms with E-state index < -0.39 is 17.7 Å². The Morgan fingerprint density at radius 2 is 1.81 bits per heavy atom. The lowest BCUT2D eigenvalue weighted by Crippen LogP contribution is -2.12. The maximum atomic E-state index is 12.6. The lowest BCUT2D eigenvalue weighted by atomic mass is 10.0. The quantitative estimate of drug-likeness (QED) is 0.621. The van der Waals surface area contributed by atoms with Gasteiger partial charge in [-0.15, -0.1) is 0 Å². The molecule has 0 saturated heterocycles. The maximum Gasteiger partial charge on any atom is 0.410 e. The van der Waals surface area contributed by atoms with Gasteiger partial charge >= 0.3 is 12.1 Å². The zero-order valence-corrected chi connectivity index (χ0v) is 11.3. The Kier molecular flexibility index (Phi) is 4.31. The van der Waals surface area contributed by atoms with Gasteiger partial charge in [-0.25, -0.2) is 4.79 Å². The van der Waals surface area contributed by atoms with E-state index in [1.165, 1.54) is 6.07 Å². The molecule has 2 nitrogen and oxygen atoms in total. The lowest BCUT2D eigenvalue weighted by Gasteiger charge is -2.10. The van der Waals surface area contributed by atoms with E-state index >= 15 is 0 Å². The van der Waals surface area contributed by atoms with Crippen molar-refractivity contribution in [3.8, 4) is 0 Å². The number of ether oxygens (including phenoxy) is 1. The Bertz CT molecular complexity index is 687. The lowest BCUT2D eigenvalue weighted by molar-refractivity contribution is -0.136. The van der Waals surface area contributed by atoms with Crippen LogP contribution in [0.2, 0.25) is 0 Å². The molecule has 2 rings (SSSR count). The number of allylic oxidation sites excluding steroid dienone is 1. The summed E-state index contributed by atoms with van der Waals surface area (Å²) in [5, 5.41) is 1.64. The number of alkyl halides is 3. The van der Waals surface area contributed by atoms with Crippen molar-refractivity contribution in [2.75, 3.05) is 6.61 Å². The molecule has 0 unspecified atom stereocenters. The summed E-state index contributed by atoms with van der Waals surface area (Å²) in [7, 11) is 0. The van der Waals surface area contributed by atoms with Crippen molar-refractivity contribution in [3.05, 3.63) is 54.1 Å². The largest absolute Gasteiger partial charge is 0.462 e. The van der Waals surface area contributed by atoms with Gasteiger partial charge in [0, 0.05) is 6.08 Å². The van der Waals surface area contributed by atoms with Crippen LogP contribution in [0.4, 0.5) is 13.2 Å². The Labute approximate surface area is 119 Å². The number of hydrogen-bond acceptors (Lipinski definition) is 2. The molecule has 0 heterocycles. The van der Waals surface area contributed by atoms with Gasteiger partial charge in [0.15, 0.2) is 0 Å². The average molecular weight is 294 g/mol. The fourth-order valence-corrected chi connectivity index (χ4v) is 1.99. The third-order valence-electron chi connectivity index (χ3n) is 2.86. The molecule has 0 spiro atoms. The predicted molar refractivity (Wildman–Crippen MR) is 74.6 cm³/mol. The SMILES string of the molecule is CCOC(=O)/C(=C\C(F)(F)F)c1ccc2ccccc2c1. The van der Waals surface area contributed by atoms with Crippen molar-refractivity contribution >= 4 is 22.3 Å². The Balaban J connectivity index is 2.53. The highest BCUT2D eigenvalue weighted by Gasteiger charge is 2.28. The molecule has 21 heavy (non-hydrogen) atoms. The van der Waals surface area contributed by atoms with Crippen molar-refractivity contribution in [2.24, 2.45) is 0 Å². The smallest absolute Gasteiger partial charge is 0.410 e. The zero-order valence-electron chi connectivity index (χ0n) is 11.3. The van der Waals surface area contributed by atoms with E-state index in [-0.39, 0.29) is 18.2 Å². The van der Waals surface area contributed by atoms with Crippen molar-refractivity contribution in [2.45, 2.75) is 13.1 Å². The van der Waals surface area contributed by atoms with Crippen molar-refractivity contribution in [1.82, 2.24) is 0 Å². The first-order valence-corrected chi connectivity index (χ1v) is 6.36. The van der Waals surface area contributed by atoms with E-state index in [2.05, 4.69) is 0 Å². The van der Waals surface area contributed by atoms with Crippen LogP contribution in [0.1, 0.15) is 12.5 Å². The second-order valence-electron chi connectivity index (χ2n) is 4.38. The molecule has 0 bridgehead atoms. The number of benzene rings is 2. The molecule has 2 aromatic carbocycles. The highest BCUT2D eigenvalue weighted by atomic mass is 19.4. The first-order chi connectivity index (χ1) is 9.90. The normalized spacial score (nSPS) is 12.5. The van der Waals surface area contributed by atoms with Gasteiger partial charge < -0.3 is 4.74 Å². The van der Waals surface area contributed by atoms with Crippen LogP contribution in [0.5, 0.6) is 0 Å². The molecule has 0 fully saturated rings. The van der Waals surface area contributed by atoms with Gasteiger partial charge in [-0.3, -0.25) is 0 Å². The molecular weight excluding hydrogens is 281 g/mol. The summed E-state index contributed by atoms with van der Waals surface area (Å²) < 4.78 is 42.6. The van der Waals surface area contributed by atoms with Gasteiger partial charge in [0.05, 0.1) is 12.2 Å². The maximum absolute atomic E-state index is 12.6. The van der Waals surface area contributed by atoms with Crippen molar-refractivity contribution in [3.63, 3.8) is 0 Å². The second kappa shape index (κ2) is 5.99. The molecule has 0 aliphatic carbocycles. The van der Waals surface area contributed by atoms with E-state index in [0.29, 0.717) is 0 Å². The molecule has 0 aliphatic heterocycles. The number of fused-ring (bicyclic) bond motifs is 1. The molecule has 2 aromatic rings. The van der Waals surface area contributed by atoms with Crippen LogP contribution in [0, 0.1) is 0 Å². The molecule has 0 aromatic heterocycles. The van der Waals surface area contributed by atoms with Crippen LogP contribution in [-0.4, -0.2) is 18.8 Å². The van der Waals surface area contributed by atoms with Gasteiger partial charge in [0.2, 0.25) is 0 Å². The van der Waals surface area contributed by atoms with Crippen LogP contribution in [0.15, 0.2) is 48.5 Å². The Morgan fingerprint density at radius 1 is 1.14 bits per heavy atom. The van der Waals surface area contributed by atoms with E-state index in [1.807, 2.05) is 12.1 Å². The Hall–Kier alpha value is -2.30. The number of carbonyl (C=O) groups excluding carboxylic acids is 1. The second-order valence-corrected chi connectivity index (χ2v) is 4.38. The first kappa shape index (κ1) is 15.1. The molecule has 0 amide bonds. The predicted octanol–water partition coefficient (Wildman–Crippen LogP) is 4.35. The van der Waals surface area contributed by atoms with E-state index in [4.69, 9.17) is 4.74 Å². The molecular formula is C16H13F3O2. The topological polar surface area (TPSA) is 26.3 Å². The molecule has 0 saturated carbocycles. The minimum Gasteiger partial charge on any atom is -0.462 e. The van der Waals surface area contributed by atoms with Crippen molar-refractivity contribution in [1.29, 1.82) is 0 Å². The number of hydrogen-bond donors (Lipinski definition) is 0. The average Bonchev–Trinajstić information content (AvgIpc) is 2.43. The van der Waals surface area contributed by atoms with Crippen LogP contribution in [0.25, 0.3) is 16.3 Å². The van der Waals surface area contributed by atoms with Crippen LogP contribution < -0.4 is 0 Å². The molecule has 0 aliphatic rings. The van der Waals surface area contributed by atoms with E-state index in [0.717, 1.165) is 10.8 Å². The number of carbonyl (C=O) groups is 1. The minimum absolute atomic E-state index is 0.0155. The fraction of sp³-hybridized carbons (Fsp3) is 0.188. The van der Waals surface area contributed by atoms with Crippen LogP contribution >= 0.6 is 0 Å². The van der Waals surface area contributed by atoms with Gasteiger partial charge in [-0.1, -0.05) is 36.4 Å². The first-order valence-electron chi connectivity index (χ1n) is 6.36. The van der Waals surface area contributed by atoms with E-state index in [9.17, 15) is 18.0 Å². The minimum atomic E-state index is -4.59. The molecule has 0 N–H and O–H groups in total. The molecule has 110 valence electrons. The number of rotatable bonds is 3. The van der Waals surface area contributed by atoms with Crippen LogP contribution in [0.3, 0.4) is 0 Å². The highest BCUT2D eigenvalue weighted by Crippen LogP contribution is 2.27. The summed E-state index contributed by atoms with van der Waals surface area (Å²) in [5.74, 6) is -0.981. The summed E-state index contributed by atoms with van der Waals surface area (Å²) in [6.07, 6.45) is -4.61. The standard InChI is InChI=1S/C16H13F3O2/c1-2-21-15(20)14(10-16(17,18)19)13-8-7-11-5-3-4-6-12(11)9-13/h3-10H,2H2,1H3/b14-10-. The molecule has 0 atom stereocenters. The van der Waals surface area contributed by atoms with Gasteiger partial charge in [0.25, 0.3) is 0 Å².